The Labute approximate surface area is 184 Å². The van der Waals surface area contributed by atoms with E-state index < -0.39 is 6.23 Å². The highest BCUT2D eigenvalue weighted by atomic mass is 35.5. The number of nitrogens with zero attached hydrogens (tertiary/aromatic N) is 3. The van der Waals surface area contributed by atoms with Crippen molar-refractivity contribution in [3.63, 3.8) is 0 Å². The quantitative estimate of drug-likeness (QED) is 0.271. The maximum atomic E-state index is 10.5. The molecule has 0 aliphatic carbocycles. The largest absolute Gasteiger partial charge is 0.378 e. The van der Waals surface area contributed by atoms with Gasteiger partial charge in [0.05, 0.1) is 6.54 Å². The van der Waals surface area contributed by atoms with Crippen molar-refractivity contribution in [2.24, 2.45) is 7.05 Å². The number of fused-ring (bicyclic) bond motifs is 1. The second-order valence-corrected chi connectivity index (χ2v) is 8.24. The minimum Gasteiger partial charge on any atom is -0.378 e. The first-order valence-corrected chi connectivity index (χ1v) is 10.9. The summed E-state index contributed by atoms with van der Waals surface area (Å²) in [4.78, 5) is 0. The first-order valence-electron chi connectivity index (χ1n) is 9.53. The van der Waals surface area contributed by atoms with E-state index in [9.17, 15) is 5.11 Å². The molecule has 0 aliphatic heterocycles. The minimum atomic E-state index is -0.717. The molecule has 6 nitrogen and oxygen atoms in total. The fraction of sp³-hybridized carbons (Fsp3) is 0.182. The fourth-order valence-electron chi connectivity index (χ4n) is 3.13. The van der Waals surface area contributed by atoms with Crippen molar-refractivity contribution in [2.75, 3.05) is 16.4 Å². The van der Waals surface area contributed by atoms with Crippen molar-refractivity contribution in [3.05, 3.63) is 77.6 Å². The number of benzene rings is 3. The summed E-state index contributed by atoms with van der Waals surface area (Å²) in [6.07, 6.45) is -0.717. The van der Waals surface area contributed by atoms with Gasteiger partial charge in [-0.25, -0.2) is 0 Å². The standard InChI is InChI=1S/C22H22ClN5OS/c1-28-20(13-24-17-9-5-8-16(23)12-17)26-27-22(28)30-14-21(29)25-19-11-4-7-15-6-2-3-10-18(15)19/h2-12,21,24-25,29H,13-14H2,1H3. The van der Waals surface area contributed by atoms with E-state index in [0.717, 1.165) is 33.1 Å². The molecule has 0 bridgehead atoms. The second kappa shape index (κ2) is 9.38. The molecule has 30 heavy (non-hydrogen) atoms. The SMILES string of the molecule is Cn1c(CNc2cccc(Cl)c2)nnc1SCC(O)Nc1cccc2ccccc12. The molecule has 0 saturated carbocycles. The Morgan fingerprint density at radius 2 is 1.87 bits per heavy atom. The summed E-state index contributed by atoms with van der Waals surface area (Å²) < 4.78 is 1.92. The summed E-state index contributed by atoms with van der Waals surface area (Å²) in [5.41, 5.74) is 1.83. The van der Waals surface area contributed by atoms with Gasteiger partial charge >= 0.3 is 0 Å². The first-order chi connectivity index (χ1) is 14.6. The minimum absolute atomic E-state index is 0.441. The van der Waals surface area contributed by atoms with E-state index in [-0.39, 0.29) is 0 Å². The number of halogens is 1. The highest BCUT2D eigenvalue weighted by molar-refractivity contribution is 7.99. The van der Waals surface area contributed by atoms with Gasteiger partial charge in [-0.1, -0.05) is 65.8 Å². The van der Waals surface area contributed by atoms with Gasteiger partial charge in [0.2, 0.25) is 0 Å². The molecular weight excluding hydrogens is 418 g/mol. The van der Waals surface area contributed by atoms with Crippen LogP contribution in [0.15, 0.2) is 71.9 Å². The molecule has 154 valence electrons. The molecule has 8 heteroatoms. The lowest BCUT2D eigenvalue weighted by molar-refractivity contribution is 0.229. The van der Waals surface area contributed by atoms with Crippen LogP contribution in [0.1, 0.15) is 5.82 Å². The van der Waals surface area contributed by atoms with Crippen LogP contribution in [-0.4, -0.2) is 31.9 Å². The lowest BCUT2D eigenvalue weighted by Gasteiger charge is -2.15. The number of thioether (sulfide) groups is 1. The van der Waals surface area contributed by atoms with Crippen LogP contribution in [0.5, 0.6) is 0 Å². The van der Waals surface area contributed by atoms with Gasteiger partial charge in [-0.3, -0.25) is 0 Å². The van der Waals surface area contributed by atoms with Crippen molar-refractivity contribution in [1.29, 1.82) is 0 Å². The molecule has 1 unspecified atom stereocenters. The Bertz CT molecular complexity index is 1140. The van der Waals surface area contributed by atoms with Gasteiger partial charge in [0.25, 0.3) is 0 Å². The molecule has 1 aromatic heterocycles. The third-order valence-electron chi connectivity index (χ3n) is 4.68. The third kappa shape index (κ3) is 4.87. The number of aliphatic hydroxyl groups excluding tert-OH is 1. The molecule has 3 N–H and O–H groups in total. The number of aromatic nitrogens is 3. The predicted octanol–water partition coefficient (Wildman–Crippen LogP) is 4.76. The summed E-state index contributed by atoms with van der Waals surface area (Å²) in [6.45, 7) is 0.529. The molecular formula is C22H22ClN5OS. The van der Waals surface area contributed by atoms with Crippen molar-refractivity contribution in [2.45, 2.75) is 17.9 Å². The average molecular weight is 440 g/mol. The molecule has 4 aromatic rings. The van der Waals surface area contributed by atoms with Crippen LogP contribution in [0, 0.1) is 0 Å². The van der Waals surface area contributed by atoms with Gasteiger partial charge in [0.15, 0.2) is 11.0 Å². The molecule has 3 aromatic carbocycles. The van der Waals surface area contributed by atoms with Crippen LogP contribution in [0.2, 0.25) is 5.02 Å². The molecule has 0 radical (unpaired) electrons. The molecule has 1 heterocycles. The lowest BCUT2D eigenvalue weighted by Crippen LogP contribution is -2.21. The highest BCUT2D eigenvalue weighted by Gasteiger charge is 2.13. The number of aliphatic hydroxyl groups is 1. The van der Waals surface area contributed by atoms with Crippen molar-refractivity contribution in [3.8, 4) is 0 Å². The van der Waals surface area contributed by atoms with E-state index in [4.69, 9.17) is 11.6 Å². The average Bonchev–Trinajstić information content (AvgIpc) is 3.10. The van der Waals surface area contributed by atoms with Crippen molar-refractivity contribution >= 4 is 45.5 Å². The third-order valence-corrected chi connectivity index (χ3v) is 6.01. The van der Waals surface area contributed by atoms with Gasteiger partial charge in [-0.15, -0.1) is 10.2 Å². The van der Waals surface area contributed by atoms with Crippen LogP contribution in [0.3, 0.4) is 0 Å². The number of rotatable bonds is 8. The van der Waals surface area contributed by atoms with Gasteiger partial charge in [-0.2, -0.15) is 0 Å². The van der Waals surface area contributed by atoms with Gasteiger partial charge in [0.1, 0.15) is 6.23 Å². The van der Waals surface area contributed by atoms with Crippen molar-refractivity contribution < 1.29 is 5.11 Å². The van der Waals surface area contributed by atoms with Gasteiger partial charge in [0, 0.05) is 34.6 Å². The zero-order valence-corrected chi connectivity index (χ0v) is 18.0. The number of anilines is 2. The van der Waals surface area contributed by atoms with E-state index in [1.807, 2.05) is 66.2 Å². The monoisotopic (exact) mass is 439 g/mol. The van der Waals surface area contributed by atoms with Crippen LogP contribution in [0.4, 0.5) is 11.4 Å². The Morgan fingerprint density at radius 1 is 1.07 bits per heavy atom. The zero-order chi connectivity index (χ0) is 20.9. The Kier molecular flexibility index (Phi) is 6.42. The zero-order valence-electron chi connectivity index (χ0n) is 16.4. The van der Waals surface area contributed by atoms with Crippen LogP contribution in [-0.2, 0) is 13.6 Å². The molecule has 4 rings (SSSR count). The van der Waals surface area contributed by atoms with E-state index in [0.29, 0.717) is 17.3 Å². The van der Waals surface area contributed by atoms with Gasteiger partial charge < -0.3 is 20.3 Å². The second-order valence-electron chi connectivity index (χ2n) is 6.82. The molecule has 0 saturated heterocycles. The van der Waals surface area contributed by atoms with Crippen molar-refractivity contribution in [1.82, 2.24) is 14.8 Å². The molecule has 1 atom stereocenters. The van der Waals surface area contributed by atoms with E-state index in [1.165, 1.54) is 11.8 Å². The summed E-state index contributed by atoms with van der Waals surface area (Å²) in [6, 6.07) is 21.6. The maximum absolute atomic E-state index is 10.5. The van der Waals surface area contributed by atoms with E-state index >= 15 is 0 Å². The van der Waals surface area contributed by atoms with Gasteiger partial charge in [-0.05, 0) is 29.7 Å². The van der Waals surface area contributed by atoms with Crippen LogP contribution < -0.4 is 10.6 Å². The van der Waals surface area contributed by atoms with Crippen LogP contribution in [0.25, 0.3) is 10.8 Å². The Morgan fingerprint density at radius 3 is 2.73 bits per heavy atom. The first kappa shape index (κ1) is 20.5. The number of nitrogens with one attached hydrogen (secondary N) is 2. The number of hydrogen-bond acceptors (Lipinski definition) is 6. The molecule has 0 fully saturated rings. The number of hydrogen-bond donors (Lipinski definition) is 3. The fourth-order valence-corrected chi connectivity index (χ4v) is 4.11. The maximum Gasteiger partial charge on any atom is 0.191 e. The Hall–Kier alpha value is -2.74. The molecule has 0 amide bonds. The van der Waals surface area contributed by atoms with Crippen LogP contribution >= 0.6 is 23.4 Å². The summed E-state index contributed by atoms with van der Waals surface area (Å²) in [7, 11) is 1.92. The predicted molar refractivity (Wildman–Crippen MR) is 124 cm³/mol. The lowest BCUT2D eigenvalue weighted by atomic mass is 10.1. The van der Waals surface area contributed by atoms with E-state index in [2.05, 4.69) is 33.0 Å². The van der Waals surface area contributed by atoms with E-state index in [1.54, 1.807) is 0 Å². The smallest absolute Gasteiger partial charge is 0.191 e. The summed E-state index contributed by atoms with van der Waals surface area (Å²) in [5.74, 6) is 1.24. The highest BCUT2D eigenvalue weighted by Crippen LogP contribution is 2.25. The Balaban J connectivity index is 1.34. The topological polar surface area (TPSA) is 75.0 Å². The molecule has 0 spiro atoms. The summed E-state index contributed by atoms with van der Waals surface area (Å²) in [5, 5.41) is 29.1. The normalized spacial score (nSPS) is 12.1. The molecule has 0 aliphatic rings. The summed E-state index contributed by atoms with van der Waals surface area (Å²) >= 11 is 7.47.